The van der Waals surface area contributed by atoms with E-state index < -0.39 is 0 Å². The van der Waals surface area contributed by atoms with E-state index in [1.807, 2.05) is 12.1 Å². The van der Waals surface area contributed by atoms with Gasteiger partial charge in [-0.05, 0) is 38.4 Å². The molecule has 1 aliphatic heterocycles. The molecule has 0 radical (unpaired) electrons. The number of aryl methyl sites for hydroxylation is 1. The Labute approximate surface area is 104 Å². The van der Waals surface area contributed by atoms with Gasteiger partial charge in [0.25, 0.3) is 0 Å². The predicted octanol–water partition coefficient (Wildman–Crippen LogP) is 2.90. The fraction of sp³-hybridized carbons (Fsp3) is 0.600. The number of hydrogen-bond donors (Lipinski definition) is 1. The molecule has 1 saturated heterocycles. The van der Waals surface area contributed by atoms with Crippen molar-refractivity contribution < 1.29 is 5.11 Å². The van der Waals surface area contributed by atoms with Crippen molar-refractivity contribution >= 4 is 0 Å². The zero-order valence-electron chi connectivity index (χ0n) is 10.7. The Balaban J connectivity index is 1.93. The molecule has 0 aliphatic carbocycles. The van der Waals surface area contributed by atoms with Gasteiger partial charge in [-0.2, -0.15) is 0 Å². The summed E-state index contributed by atoms with van der Waals surface area (Å²) in [5.74, 6) is 0. The third kappa shape index (κ3) is 3.83. The van der Waals surface area contributed by atoms with Gasteiger partial charge in [0.2, 0.25) is 0 Å². The van der Waals surface area contributed by atoms with Gasteiger partial charge in [-0.3, -0.25) is 0 Å². The largest absolute Gasteiger partial charge is 0.387 e. The summed E-state index contributed by atoms with van der Waals surface area (Å²) < 4.78 is 0. The fourth-order valence-corrected chi connectivity index (χ4v) is 2.55. The number of aliphatic hydroxyl groups excluding tert-OH is 1. The number of benzene rings is 1. The van der Waals surface area contributed by atoms with Crippen molar-refractivity contribution in [2.24, 2.45) is 0 Å². The average molecular weight is 233 g/mol. The highest BCUT2D eigenvalue weighted by Crippen LogP contribution is 2.18. The molecule has 0 aromatic heterocycles. The minimum atomic E-state index is -0.340. The van der Waals surface area contributed by atoms with Gasteiger partial charge in [-0.1, -0.05) is 42.7 Å². The molecule has 1 fully saturated rings. The number of rotatable bonds is 3. The summed E-state index contributed by atoms with van der Waals surface area (Å²) in [7, 11) is 0. The lowest BCUT2D eigenvalue weighted by atomic mass is 10.1. The molecule has 94 valence electrons. The lowest BCUT2D eigenvalue weighted by Gasteiger charge is -2.23. The molecule has 0 amide bonds. The van der Waals surface area contributed by atoms with Crippen LogP contribution in [-0.2, 0) is 0 Å². The molecule has 1 unspecified atom stereocenters. The number of aliphatic hydroxyl groups is 1. The second-order valence-corrected chi connectivity index (χ2v) is 5.14. The maximum absolute atomic E-state index is 10.2. The average Bonchev–Trinajstić information content (AvgIpc) is 2.57. The quantitative estimate of drug-likeness (QED) is 0.867. The van der Waals surface area contributed by atoms with Crippen LogP contribution >= 0.6 is 0 Å². The first-order chi connectivity index (χ1) is 8.25. The minimum absolute atomic E-state index is 0.340. The van der Waals surface area contributed by atoms with Gasteiger partial charge in [0.15, 0.2) is 0 Å². The summed E-state index contributed by atoms with van der Waals surface area (Å²) >= 11 is 0. The smallest absolute Gasteiger partial charge is 0.0917 e. The molecule has 2 nitrogen and oxygen atoms in total. The first-order valence-electron chi connectivity index (χ1n) is 6.73. The van der Waals surface area contributed by atoms with Gasteiger partial charge in [-0.25, -0.2) is 0 Å². The van der Waals surface area contributed by atoms with Gasteiger partial charge in [0.05, 0.1) is 6.10 Å². The molecule has 2 heteroatoms. The van der Waals surface area contributed by atoms with Crippen LogP contribution in [-0.4, -0.2) is 29.6 Å². The molecule has 0 spiro atoms. The molecule has 1 N–H and O–H groups in total. The molecule has 1 atom stereocenters. The predicted molar refractivity (Wildman–Crippen MR) is 71.0 cm³/mol. The second kappa shape index (κ2) is 6.18. The summed E-state index contributed by atoms with van der Waals surface area (Å²) in [4.78, 5) is 2.40. The highest BCUT2D eigenvalue weighted by molar-refractivity contribution is 5.24. The van der Waals surface area contributed by atoms with Crippen LogP contribution in [0.5, 0.6) is 0 Å². The van der Waals surface area contributed by atoms with Crippen molar-refractivity contribution in [2.75, 3.05) is 19.6 Å². The number of likely N-dealkylation sites (tertiary alicyclic amines) is 1. The maximum atomic E-state index is 10.2. The third-order valence-electron chi connectivity index (χ3n) is 3.56. The van der Waals surface area contributed by atoms with Crippen molar-refractivity contribution in [3.8, 4) is 0 Å². The molecule has 17 heavy (non-hydrogen) atoms. The van der Waals surface area contributed by atoms with E-state index in [4.69, 9.17) is 0 Å². The lowest BCUT2D eigenvalue weighted by Crippen LogP contribution is -2.29. The van der Waals surface area contributed by atoms with Crippen LogP contribution < -0.4 is 0 Å². The second-order valence-electron chi connectivity index (χ2n) is 5.14. The molecule has 2 rings (SSSR count). The Morgan fingerprint density at radius 3 is 2.53 bits per heavy atom. The summed E-state index contributed by atoms with van der Waals surface area (Å²) in [6.07, 6.45) is 4.91. The van der Waals surface area contributed by atoms with E-state index in [2.05, 4.69) is 24.0 Å². The monoisotopic (exact) mass is 233 g/mol. The molecular formula is C15H23NO. The third-order valence-corrected chi connectivity index (χ3v) is 3.56. The normalized spacial score (nSPS) is 19.9. The summed E-state index contributed by atoms with van der Waals surface area (Å²) in [6, 6.07) is 8.20. The van der Waals surface area contributed by atoms with Crippen LogP contribution in [0.1, 0.15) is 42.9 Å². The summed E-state index contributed by atoms with van der Waals surface area (Å²) in [6.45, 7) is 5.14. The molecular weight excluding hydrogens is 210 g/mol. The Morgan fingerprint density at radius 1 is 1.18 bits per heavy atom. The van der Waals surface area contributed by atoms with Crippen LogP contribution in [0.4, 0.5) is 0 Å². The summed E-state index contributed by atoms with van der Waals surface area (Å²) in [5, 5.41) is 10.2. The van der Waals surface area contributed by atoms with E-state index in [0.717, 1.165) is 25.2 Å². The first kappa shape index (κ1) is 12.6. The van der Waals surface area contributed by atoms with Crippen molar-refractivity contribution in [1.82, 2.24) is 4.90 Å². The zero-order chi connectivity index (χ0) is 12.1. The van der Waals surface area contributed by atoms with E-state index in [0.29, 0.717) is 0 Å². The van der Waals surface area contributed by atoms with Crippen molar-refractivity contribution in [1.29, 1.82) is 0 Å². The van der Waals surface area contributed by atoms with E-state index in [1.54, 1.807) is 0 Å². The van der Waals surface area contributed by atoms with E-state index in [9.17, 15) is 5.11 Å². The van der Waals surface area contributed by atoms with Crippen LogP contribution in [0.3, 0.4) is 0 Å². The SMILES string of the molecule is Cc1cccc(C(O)CN2CCCCCC2)c1. The van der Waals surface area contributed by atoms with E-state index in [1.165, 1.54) is 31.2 Å². The molecule has 1 heterocycles. The highest BCUT2D eigenvalue weighted by Gasteiger charge is 2.14. The lowest BCUT2D eigenvalue weighted by molar-refractivity contribution is 0.115. The number of hydrogen-bond acceptors (Lipinski definition) is 2. The molecule has 0 saturated carbocycles. The van der Waals surface area contributed by atoms with Crippen LogP contribution in [0, 0.1) is 6.92 Å². The van der Waals surface area contributed by atoms with Gasteiger partial charge >= 0.3 is 0 Å². The highest BCUT2D eigenvalue weighted by atomic mass is 16.3. The van der Waals surface area contributed by atoms with E-state index in [-0.39, 0.29) is 6.10 Å². The Bertz CT molecular complexity index is 343. The van der Waals surface area contributed by atoms with Crippen LogP contribution in [0.2, 0.25) is 0 Å². The Morgan fingerprint density at radius 2 is 1.88 bits per heavy atom. The minimum Gasteiger partial charge on any atom is -0.387 e. The zero-order valence-corrected chi connectivity index (χ0v) is 10.7. The van der Waals surface area contributed by atoms with Gasteiger partial charge in [0.1, 0.15) is 0 Å². The van der Waals surface area contributed by atoms with Gasteiger partial charge < -0.3 is 10.0 Å². The molecule has 0 bridgehead atoms. The first-order valence-corrected chi connectivity index (χ1v) is 6.73. The van der Waals surface area contributed by atoms with E-state index >= 15 is 0 Å². The van der Waals surface area contributed by atoms with Crippen molar-refractivity contribution in [2.45, 2.75) is 38.7 Å². The summed E-state index contributed by atoms with van der Waals surface area (Å²) in [5.41, 5.74) is 2.27. The molecule has 1 aromatic rings. The van der Waals surface area contributed by atoms with Crippen molar-refractivity contribution in [3.63, 3.8) is 0 Å². The van der Waals surface area contributed by atoms with Crippen molar-refractivity contribution in [3.05, 3.63) is 35.4 Å². The topological polar surface area (TPSA) is 23.5 Å². The Kier molecular flexibility index (Phi) is 4.57. The van der Waals surface area contributed by atoms with Gasteiger partial charge in [-0.15, -0.1) is 0 Å². The van der Waals surface area contributed by atoms with Crippen LogP contribution in [0.25, 0.3) is 0 Å². The molecule has 1 aliphatic rings. The van der Waals surface area contributed by atoms with Gasteiger partial charge in [0, 0.05) is 6.54 Å². The number of nitrogens with zero attached hydrogens (tertiary/aromatic N) is 1. The Hall–Kier alpha value is -0.860. The maximum Gasteiger partial charge on any atom is 0.0917 e. The number of β-amino-alcohol motifs (C(OH)–C–C–N with tert-alkyl or cyclic N) is 1. The van der Waals surface area contributed by atoms with Crippen LogP contribution in [0.15, 0.2) is 24.3 Å². The standard InChI is InChI=1S/C15H23NO/c1-13-7-6-8-14(11-13)15(17)12-16-9-4-2-3-5-10-16/h6-8,11,15,17H,2-5,9-10,12H2,1H3. The fourth-order valence-electron chi connectivity index (χ4n) is 2.55. The molecule has 1 aromatic carbocycles.